The molecule has 0 rings (SSSR count). The summed E-state index contributed by atoms with van der Waals surface area (Å²) in [6.07, 6.45) is 16.2. The van der Waals surface area contributed by atoms with Crippen LogP contribution in [-0.4, -0.2) is 9.39 Å². The molecule has 0 saturated carbocycles. The third-order valence-corrected chi connectivity index (χ3v) is 5.00. The Morgan fingerprint density at radius 1 is 0.667 bits per heavy atom. The van der Waals surface area contributed by atoms with E-state index in [2.05, 4.69) is 38.8 Å². The van der Waals surface area contributed by atoms with Gasteiger partial charge in [-0.1, -0.05) is 84.0 Å². The molecule has 0 heterocycles. The van der Waals surface area contributed by atoms with Gasteiger partial charge < -0.3 is 0 Å². The van der Waals surface area contributed by atoms with Gasteiger partial charge in [0.2, 0.25) is 9.39 Å². The molecule has 0 N–H and O–H groups in total. The van der Waals surface area contributed by atoms with Crippen LogP contribution in [-0.2, 0) is 9.59 Å². The second kappa shape index (κ2) is 15.2. The molecule has 21 heavy (non-hydrogen) atoms. The van der Waals surface area contributed by atoms with E-state index in [1.165, 1.54) is 64.2 Å². The number of carbonyl (C=O) groups excluding carboxylic acids is 2. The molecule has 0 spiro atoms. The zero-order valence-electron chi connectivity index (χ0n) is 13.3. The van der Waals surface area contributed by atoms with Crippen LogP contribution in [0.4, 0.5) is 0 Å². The molecule has 0 aliphatic heterocycles. The minimum Gasteiger partial charge on any atom is -0.286 e. The third kappa shape index (κ3) is 13.7. The third-order valence-electron chi connectivity index (χ3n) is 3.89. The van der Waals surface area contributed by atoms with Crippen molar-refractivity contribution < 1.29 is 9.59 Å². The van der Waals surface area contributed by atoms with Crippen molar-refractivity contribution >= 4 is 41.2 Å². The van der Waals surface area contributed by atoms with Gasteiger partial charge >= 0.3 is 0 Å². The Labute approximate surface area is 147 Å². The summed E-state index contributed by atoms with van der Waals surface area (Å²) in [4.78, 5) is 22.4. The monoisotopic (exact) mass is 424 g/mol. The Morgan fingerprint density at radius 3 is 1.33 bits per heavy atom. The van der Waals surface area contributed by atoms with Gasteiger partial charge in [0.15, 0.2) is 0 Å². The minimum atomic E-state index is -0.506. The van der Waals surface area contributed by atoms with Crippen LogP contribution < -0.4 is 0 Å². The molecule has 0 bridgehead atoms. The number of hydrogen-bond acceptors (Lipinski definition) is 2. The summed E-state index contributed by atoms with van der Waals surface area (Å²) >= 11 is 5.77. The van der Waals surface area contributed by atoms with Gasteiger partial charge in [0, 0.05) is 0 Å². The lowest BCUT2D eigenvalue weighted by molar-refractivity contribution is -0.122. The van der Waals surface area contributed by atoms with Crippen LogP contribution in [0.1, 0.15) is 90.4 Å². The van der Waals surface area contributed by atoms with Crippen LogP contribution in [0.15, 0.2) is 0 Å². The van der Waals surface area contributed by atoms with Gasteiger partial charge in [0.1, 0.15) is 0 Å². The molecule has 0 amide bonds. The van der Waals surface area contributed by atoms with Crippen LogP contribution >= 0.6 is 31.9 Å². The van der Waals surface area contributed by atoms with Crippen molar-refractivity contribution in [3.8, 4) is 0 Å². The van der Waals surface area contributed by atoms with E-state index in [0.29, 0.717) is 6.42 Å². The quantitative estimate of drug-likeness (QED) is 0.169. The molecule has 0 aromatic heterocycles. The summed E-state index contributed by atoms with van der Waals surface area (Å²) < 4.78 is -0.403. The van der Waals surface area contributed by atoms with Gasteiger partial charge in [-0.2, -0.15) is 0 Å². The van der Waals surface area contributed by atoms with Crippen molar-refractivity contribution in [2.24, 2.45) is 5.92 Å². The summed E-state index contributed by atoms with van der Waals surface area (Å²) in [6, 6.07) is 0. The van der Waals surface area contributed by atoms with Gasteiger partial charge in [-0.15, -0.1) is 0 Å². The zero-order valence-corrected chi connectivity index (χ0v) is 16.5. The van der Waals surface area contributed by atoms with Crippen molar-refractivity contribution in [3.63, 3.8) is 0 Å². The molecule has 0 saturated heterocycles. The highest BCUT2D eigenvalue weighted by Gasteiger charge is 2.21. The minimum absolute atomic E-state index is 0.201. The summed E-state index contributed by atoms with van der Waals surface area (Å²) in [6.45, 7) is 2.25. The van der Waals surface area contributed by atoms with Crippen LogP contribution in [0.5, 0.6) is 0 Å². The maximum absolute atomic E-state index is 11.2. The molecule has 0 aliphatic carbocycles. The van der Waals surface area contributed by atoms with E-state index in [4.69, 9.17) is 0 Å². The van der Waals surface area contributed by atoms with Crippen LogP contribution in [0, 0.1) is 5.92 Å². The first-order valence-corrected chi connectivity index (χ1v) is 10.1. The van der Waals surface area contributed by atoms with E-state index in [0.717, 1.165) is 12.8 Å². The fourth-order valence-corrected chi connectivity index (χ4v) is 3.69. The van der Waals surface area contributed by atoms with Gasteiger partial charge in [0.05, 0.1) is 5.92 Å². The number of carbonyl (C=O) groups is 2. The lowest BCUT2D eigenvalue weighted by atomic mass is 10.0. The first kappa shape index (κ1) is 21.3. The first-order chi connectivity index (χ1) is 10.1. The van der Waals surface area contributed by atoms with Gasteiger partial charge in [0.25, 0.3) is 0 Å². The summed E-state index contributed by atoms with van der Waals surface area (Å²) in [5, 5.41) is 0. The predicted octanol–water partition coefficient (Wildman–Crippen LogP) is 6.54. The van der Waals surface area contributed by atoms with Gasteiger partial charge in [-0.25, -0.2) is 0 Å². The average Bonchev–Trinajstić information content (AvgIpc) is 2.43. The highest BCUT2D eigenvalue weighted by atomic mass is 79.9. The van der Waals surface area contributed by atoms with Crippen LogP contribution in [0.2, 0.25) is 0 Å². The van der Waals surface area contributed by atoms with E-state index >= 15 is 0 Å². The molecule has 0 fully saturated rings. The van der Waals surface area contributed by atoms with E-state index in [1.807, 2.05) is 0 Å². The summed E-state index contributed by atoms with van der Waals surface area (Å²) in [7, 11) is 0. The molecular formula is C17H30Br2O2. The second-order valence-electron chi connectivity index (χ2n) is 5.84. The molecule has 124 valence electrons. The highest BCUT2D eigenvalue weighted by Crippen LogP contribution is 2.19. The predicted molar refractivity (Wildman–Crippen MR) is 97.1 cm³/mol. The number of halogens is 2. The van der Waals surface area contributed by atoms with E-state index in [1.54, 1.807) is 0 Å². The summed E-state index contributed by atoms with van der Waals surface area (Å²) in [5.74, 6) is -0.506. The smallest absolute Gasteiger partial charge is 0.209 e. The lowest BCUT2D eigenvalue weighted by Crippen LogP contribution is -2.15. The molecule has 0 radical (unpaired) electrons. The van der Waals surface area contributed by atoms with E-state index in [-0.39, 0.29) is 9.39 Å². The zero-order chi connectivity index (χ0) is 15.9. The highest BCUT2D eigenvalue weighted by molar-refractivity contribution is 9.19. The average molecular weight is 426 g/mol. The van der Waals surface area contributed by atoms with Crippen LogP contribution in [0.25, 0.3) is 0 Å². The molecule has 0 aromatic carbocycles. The van der Waals surface area contributed by atoms with Crippen molar-refractivity contribution in [1.29, 1.82) is 0 Å². The van der Waals surface area contributed by atoms with Crippen molar-refractivity contribution in [2.75, 3.05) is 0 Å². The molecule has 0 atom stereocenters. The van der Waals surface area contributed by atoms with Crippen molar-refractivity contribution in [2.45, 2.75) is 90.4 Å². The van der Waals surface area contributed by atoms with Crippen molar-refractivity contribution in [1.82, 2.24) is 0 Å². The van der Waals surface area contributed by atoms with E-state index < -0.39 is 5.92 Å². The largest absolute Gasteiger partial charge is 0.286 e. The first-order valence-electron chi connectivity index (χ1n) is 8.48. The normalized spacial score (nSPS) is 11.0. The fourth-order valence-electron chi connectivity index (χ4n) is 2.51. The maximum Gasteiger partial charge on any atom is 0.209 e. The molecular weight excluding hydrogens is 396 g/mol. The fraction of sp³-hybridized carbons (Fsp3) is 0.882. The standard InChI is InChI=1S/C17H30Br2O2/c1-2-3-4-5-6-7-8-9-10-11-12-13-14-15(16(18)20)17(19)21/h15H,2-14H2,1H3. The Morgan fingerprint density at radius 2 is 1.00 bits per heavy atom. The molecule has 4 heteroatoms. The molecule has 0 unspecified atom stereocenters. The molecule has 0 aliphatic rings. The Balaban J connectivity index is 3.29. The molecule has 2 nitrogen and oxygen atoms in total. The van der Waals surface area contributed by atoms with Gasteiger partial charge in [-0.05, 0) is 38.3 Å². The SMILES string of the molecule is CCCCCCCCCCCCCCC(C(=O)Br)C(=O)Br. The second-order valence-corrected chi connectivity index (χ2v) is 7.40. The number of hydrogen-bond donors (Lipinski definition) is 0. The Kier molecular flexibility index (Phi) is 15.4. The van der Waals surface area contributed by atoms with Gasteiger partial charge in [-0.3, -0.25) is 9.59 Å². The Bertz CT molecular complexity index is 266. The number of unbranched alkanes of at least 4 members (excludes halogenated alkanes) is 11. The van der Waals surface area contributed by atoms with Crippen molar-refractivity contribution in [3.05, 3.63) is 0 Å². The maximum atomic E-state index is 11.2. The topological polar surface area (TPSA) is 34.1 Å². The number of rotatable bonds is 15. The lowest BCUT2D eigenvalue weighted by Gasteiger charge is -2.07. The summed E-state index contributed by atoms with van der Waals surface area (Å²) in [5.41, 5.74) is 0. The molecule has 0 aromatic rings. The van der Waals surface area contributed by atoms with Crippen LogP contribution in [0.3, 0.4) is 0 Å². The Hall–Kier alpha value is 0.300. The van der Waals surface area contributed by atoms with E-state index in [9.17, 15) is 9.59 Å².